The third-order valence-corrected chi connectivity index (χ3v) is 20.6. The minimum atomic E-state index is -1.51. The molecule has 3 unspecified atom stereocenters. The Labute approximate surface area is 703 Å². The Morgan fingerprint density at radius 2 is 0.731 bits per heavy atom. The van der Waals surface area contributed by atoms with E-state index in [-0.39, 0.29) is 0 Å². The van der Waals surface area contributed by atoms with Crippen molar-refractivity contribution < 1.29 is 84.0 Å². The van der Waals surface area contributed by atoms with Crippen molar-refractivity contribution in [2.75, 3.05) is 107 Å². The number of aromatic nitrogens is 2. The van der Waals surface area contributed by atoms with Crippen molar-refractivity contribution in [1.29, 1.82) is 0 Å². The SMILES string of the molecule is CC(C)c1cc(/C=C/c2cccnc2)cc(B(O)O)c1.CCOc1cc(/C=C/c2cccnc2)cc(B(O)O)c1.COc1cc(/C=C/C2CCCNC2)cc(B(O)O)c1.COc1cc(/C=C/C2CCCNCC2)cc(B(O)O)c1.COc1cc(/C=C/C2CCNCC2)cc(B(O)O)c1.COc1cc(/C=C/C2CN3CCN2CC3)cc(B(O)O)c1. The average Bonchev–Trinajstić information content (AvgIpc) is 0.954. The van der Waals surface area contributed by atoms with Crippen LogP contribution >= 0.6 is 0 Å². The largest absolute Gasteiger partial charge is 0.497 e. The van der Waals surface area contributed by atoms with Crippen molar-refractivity contribution >= 4 is 124 Å². The monoisotopic (exact) mass is 1620 g/mol. The van der Waals surface area contributed by atoms with Gasteiger partial charge in [0.15, 0.2) is 0 Å². The summed E-state index contributed by atoms with van der Waals surface area (Å²) in [6.07, 6.45) is 39.9. The number of allylic oxidation sites excluding steroid dienone is 2. The van der Waals surface area contributed by atoms with Crippen molar-refractivity contribution in [3.8, 4) is 28.7 Å². The molecule has 0 radical (unpaired) electrons. The lowest BCUT2D eigenvalue weighted by molar-refractivity contribution is 0.0335. The van der Waals surface area contributed by atoms with E-state index in [9.17, 15) is 60.3 Å². The lowest BCUT2D eigenvalue weighted by atomic mass is 9.77. The lowest BCUT2D eigenvalue weighted by Gasteiger charge is -2.46. The maximum Gasteiger partial charge on any atom is 0.488 e. The molecule has 6 fully saturated rings. The Kier molecular flexibility index (Phi) is 41.1. The number of pyridine rings is 2. The summed E-state index contributed by atoms with van der Waals surface area (Å²) in [6.45, 7) is 18.7. The number of benzene rings is 6. The molecule has 8 heterocycles. The molecule has 0 saturated carbocycles. The van der Waals surface area contributed by atoms with Crippen LogP contribution in [0.4, 0.5) is 0 Å². The van der Waals surface area contributed by atoms with E-state index >= 15 is 0 Å². The molecule has 6 aliphatic rings. The van der Waals surface area contributed by atoms with Gasteiger partial charge in [0.1, 0.15) is 28.7 Å². The van der Waals surface area contributed by atoms with Gasteiger partial charge in [0.2, 0.25) is 0 Å². The lowest BCUT2D eigenvalue weighted by Crippen LogP contribution is -2.60. The number of ether oxygens (including phenoxy) is 5. The summed E-state index contributed by atoms with van der Waals surface area (Å²) in [4.78, 5) is 13.1. The van der Waals surface area contributed by atoms with Crippen LogP contribution in [0, 0.1) is 17.8 Å². The number of piperazine rings is 3. The number of nitrogens with zero attached hydrogens (tertiary/aromatic N) is 4. The molecule has 14 rings (SSSR count). The fourth-order valence-electron chi connectivity index (χ4n) is 13.9. The number of rotatable bonds is 25. The molecule has 0 spiro atoms. The van der Waals surface area contributed by atoms with Gasteiger partial charge in [-0.3, -0.25) is 19.8 Å². The second-order valence-corrected chi connectivity index (χ2v) is 30.0. The third-order valence-electron chi connectivity index (χ3n) is 20.6. The van der Waals surface area contributed by atoms with Crippen LogP contribution in [0.15, 0.2) is 183 Å². The van der Waals surface area contributed by atoms with Gasteiger partial charge in [0.25, 0.3) is 0 Å². The number of nitrogens with one attached hydrogen (secondary N) is 3. The molecule has 15 N–H and O–H groups in total. The first-order valence-corrected chi connectivity index (χ1v) is 40.8. The van der Waals surface area contributed by atoms with Crippen LogP contribution < -0.4 is 72.4 Å². The van der Waals surface area contributed by atoms with E-state index < -0.39 is 42.7 Å². The highest BCUT2D eigenvalue weighted by molar-refractivity contribution is 6.60. The highest BCUT2D eigenvalue weighted by Gasteiger charge is 2.30. The molecule has 2 bridgehead atoms. The minimum absolute atomic E-state index is 0.333. The minimum Gasteiger partial charge on any atom is -0.497 e. The maximum atomic E-state index is 9.36. The Hall–Kier alpha value is -9.23. The summed E-state index contributed by atoms with van der Waals surface area (Å²) < 4.78 is 26.2. The zero-order valence-electron chi connectivity index (χ0n) is 69.4. The molecule has 6 aliphatic heterocycles. The van der Waals surface area contributed by atoms with Crippen molar-refractivity contribution in [2.24, 2.45) is 17.8 Å². The first-order valence-electron chi connectivity index (χ1n) is 40.8. The summed E-state index contributed by atoms with van der Waals surface area (Å²) in [5, 5.41) is 122. The number of piperidine rings is 2. The van der Waals surface area contributed by atoms with Crippen LogP contribution in [-0.2, 0) is 0 Å². The van der Waals surface area contributed by atoms with E-state index in [1.807, 2.05) is 116 Å². The topological polar surface area (TPSA) is 357 Å². The summed E-state index contributed by atoms with van der Waals surface area (Å²) >= 11 is 0. The van der Waals surface area contributed by atoms with E-state index in [1.165, 1.54) is 38.8 Å². The molecule has 119 heavy (non-hydrogen) atoms. The fraction of sp³-hybridized carbons (Fsp3) is 0.348. The summed E-state index contributed by atoms with van der Waals surface area (Å²) in [5.41, 5.74) is 11.3. The van der Waals surface area contributed by atoms with Gasteiger partial charge < -0.3 is 99.9 Å². The molecule has 0 amide bonds. The van der Waals surface area contributed by atoms with Crippen molar-refractivity contribution in [3.05, 3.63) is 233 Å². The van der Waals surface area contributed by atoms with Crippen LogP contribution in [0.25, 0.3) is 48.6 Å². The highest BCUT2D eigenvalue weighted by atomic mass is 16.5. The second-order valence-electron chi connectivity index (χ2n) is 30.0. The molecule has 628 valence electrons. The van der Waals surface area contributed by atoms with Gasteiger partial charge in [-0.2, -0.15) is 0 Å². The first-order chi connectivity index (χ1) is 57.5. The van der Waals surface area contributed by atoms with E-state index in [0.717, 1.165) is 128 Å². The first kappa shape index (κ1) is 95.2. The number of fused-ring (bicyclic) bond motifs is 3. The van der Waals surface area contributed by atoms with Gasteiger partial charge in [-0.15, -0.1) is 0 Å². The molecule has 6 saturated heterocycles. The Morgan fingerprint density at radius 3 is 1.09 bits per heavy atom. The zero-order valence-corrected chi connectivity index (χ0v) is 69.4. The predicted octanol–water partition coefficient (Wildman–Crippen LogP) is 4.33. The number of methoxy groups -OCH3 is 4. The molecule has 3 atom stereocenters. The fourth-order valence-corrected chi connectivity index (χ4v) is 13.9. The quantitative estimate of drug-likeness (QED) is 0.0354. The molecular formula is C89H117B6N7O17. The van der Waals surface area contributed by atoms with E-state index in [4.69, 9.17) is 23.7 Å². The maximum absolute atomic E-state index is 9.36. The number of hydrogen-bond donors (Lipinski definition) is 15. The van der Waals surface area contributed by atoms with Crippen LogP contribution in [0.5, 0.6) is 28.7 Å². The molecule has 2 aromatic heterocycles. The van der Waals surface area contributed by atoms with Gasteiger partial charge in [0.05, 0.1) is 35.0 Å². The second kappa shape index (κ2) is 51.4. The molecule has 30 heteroatoms. The van der Waals surface area contributed by atoms with Gasteiger partial charge in [0, 0.05) is 70.1 Å². The van der Waals surface area contributed by atoms with Gasteiger partial charge in [-0.05, 0) is 264 Å². The molecule has 6 aromatic carbocycles. The van der Waals surface area contributed by atoms with Gasteiger partial charge >= 0.3 is 42.7 Å². The predicted molar refractivity (Wildman–Crippen MR) is 485 cm³/mol. The summed E-state index contributed by atoms with van der Waals surface area (Å²) in [5.74, 6) is 5.20. The van der Waals surface area contributed by atoms with Crippen LogP contribution in [0.1, 0.15) is 122 Å². The summed E-state index contributed by atoms with van der Waals surface area (Å²) in [7, 11) is -2.56. The standard InChI is InChI=1S/C16H18BNO2.C15H21BN2O3.C15H22BNO3.C15H16BNO3.2C14H20BNO3/c1-12(2)15-8-14(9-16(10-15)17(19)20)6-5-13-4-3-7-18-11-13;1-21-15-9-12(8-13(10-15)16(19)20)2-3-14-11-17-4-6-18(14)7-5-17;1-20-15-10-13(9-14(11-15)16(18)19)5-4-12-3-2-7-17-8-6-12;1-2-20-15-9-13(8-14(10-15)16(18)19)6-5-12-4-3-7-17-11-12;1-19-14-9-12(8-13(10-14)15(17)18)3-2-11-4-6-16-7-5-11;1-19-14-8-12(7-13(9-14)15(17)18)5-4-11-3-2-6-16-10-11/h3-12,19-20H,1-2H3;2-3,8-10,14,19-20H,4-7,11H2,1H3;4-5,9-12,17-19H,2-3,6-8H2,1H3;3-11,18-19H,2H2,1H3;2-3,8-11,16-18H,4-7H2,1H3;4-5,7-9,11,16-18H,2-3,6,10H2,1H3/b6-5+;3-2+;5-4+;6-5+;3-2+;5-4+. The van der Waals surface area contributed by atoms with E-state index in [2.05, 4.69) is 79.9 Å². The van der Waals surface area contributed by atoms with E-state index in [1.54, 1.807) is 120 Å². The van der Waals surface area contributed by atoms with Crippen molar-refractivity contribution in [3.63, 3.8) is 0 Å². The summed E-state index contributed by atoms with van der Waals surface area (Å²) in [6, 6.07) is 40.2. The van der Waals surface area contributed by atoms with Gasteiger partial charge in [-0.1, -0.05) is 147 Å². The molecule has 8 aromatic rings. The molecule has 24 nitrogen and oxygen atoms in total. The van der Waals surface area contributed by atoms with Crippen LogP contribution in [0.2, 0.25) is 0 Å². The van der Waals surface area contributed by atoms with Crippen LogP contribution in [-0.4, -0.2) is 236 Å². The van der Waals surface area contributed by atoms with Crippen molar-refractivity contribution in [1.82, 2.24) is 35.7 Å². The molecule has 0 aliphatic carbocycles. The molecular weight excluding hydrogens is 1500 g/mol. The Bertz CT molecular complexity index is 4390. The Morgan fingerprint density at radius 1 is 0.387 bits per heavy atom. The zero-order chi connectivity index (χ0) is 85.4. The average molecular weight is 1620 g/mol. The Balaban J connectivity index is 0.000000178. The number of hydrogen-bond acceptors (Lipinski definition) is 24. The normalized spacial score (nSPS) is 17.8. The van der Waals surface area contributed by atoms with Crippen LogP contribution in [0.3, 0.4) is 0 Å². The van der Waals surface area contributed by atoms with E-state index in [0.29, 0.717) is 97.8 Å². The smallest absolute Gasteiger partial charge is 0.488 e. The van der Waals surface area contributed by atoms with Crippen molar-refractivity contribution in [2.45, 2.75) is 77.7 Å². The highest BCUT2D eigenvalue weighted by Crippen LogP contribution is 2.25. The van der Waals surface area contributed by atoms with Gasteiger partial charge in [-0.25, -0.2) is 0 Å². The third kappa shape index (κ3) is 34.1.